The van der Waals surface area contributed by atoms with Crippen molar-refractivity contribution in [3.05, 3.63) is 45.9 Å². The van der Waals surface area contributed by atoms with E-state index in [2.05, 4.69) is 4.98 Å². The molecule has 0 fully saturated rings. The molecule has 0 atom stereocenters. The summed E-state index contributed by atoms with van der Waals surface area (Å²) in [5, 5.41) is 2.92. The molecule has 17 heavy (non-hydrogen) atoms. The third kappa shape index (κ3) is 3.28. The van der Waals surface area contributed by atoms with Crippen LogP contribution in [0.15, 0.2) is 29.6 Å². The number of Topliss-reactive ketones (excluding diaryl/α,β-unsaturated/α-hetero) is 1. The van der Waals surface area contributed by atoms with E-state index in [0.29, 0.717) is 23.0 Å². The first-order valence-electron chi connectivity index (χ1n) is 5.10. The molecule has 5 heteroatoms. The molecule has 0 aliphatic rings. The van der Waals surface area contributed by atoms with E-state index < -0.39 is 0 Å². The maximum atomic E-state index is 11.8. The number of benzene rings is 1. The fourth-order valence-electron chi connectivity index (χ4n) is 1.52. The summed E-state index contributed by atoms with van der Waals surface area (Å²) in [6.45, 7) is 0. The third-order valence-electron chi connectivity index (χ3n) is 2.29. The zero-order chi connectivity index (χ0) is 12.3. The van der Waals surface area contributed by atoms with Crippen LogP contribution < -0.4 is 5.73 Å². The number of halogens is 1. The van der Waals surface area contributed by atoms with Crippen LogP contribution in [0.25, 0.3) is 0 Å². The fourth-order valence-corrected chi connectivity index (χ4v) is 2.29. The van der Waals surface area contributed by atoms with E-state index in [4.69, 9.17) is 17.3 Å². The van der Waals surface area contributed by atoms with Crippen molar-refractivity contribution in [2.45, 2.75) is 12.8 Å². The molecular weight excluding hydrogens is 256 g/mol. The molecule has 1 aromatic heterocycles. The van der Waals surface area contributed by atoms with E-state index >= 15 is 0 Å². The zero-order valence-electron chi connectivity index (χ0n) is 9.02. The van der Waals surface area contributed by atoms with Crippen LogP contribution in [0.5, 0.6) is 0 Å². The summed E-state index contributed by atoms with van der Waals surface area (Å²) < 4.78 is 0. The van der Waals surface area contributed by atoms with Gasteiger partial charge >= 0.3 is 0 Å². The maximum absolute atomic E-state index is 11.8. The van der Waals surface area contributed by atoms with Gasteiger partial charge < -0.3 is 5.73 Å². The van der Waals surface area contributed by atoms with Gasteiger partial charge in [-0.05, 0) is 11.6 Å². The highest BCUT2D eigenvalue weighted by Crippen LogP contribution is 2.17. The molecule has 1 heterocycles. The van der Waals surface area contributed by atoms with E-state index in [-0.39, 0.29) is 5.78 Å². The first-order valence-corrected chi connectivity index (χ1v) is 6.36. The van der Waals surface area contributed by atoms with E-state index in [9.17, 15) is 4.79 Å². The van der Waals surface area contributed by atoms with Gasteiger partial charge in [-0.25, -0.2) is 4.98 Å². The van der Waals surface area contributed by atoms with Crippen molar-refractivity contribution in [3.63, 3.8) is 0 Å². The van der Waals surface area contributed by atoms with Crippen molar-refractivity contribution >= 4 is 33.9 Å². The Balaban J connectivity index is 2.01. The number of thiazole rings is 1. The van der Waals surface area contributed by atoms with Crippen LogP contribution in [0, 0.1) is 0 Å². The number of hydrogen-bond acceptors (Lipinski definition) is 4. The van der Waals surface area contributed by atoms with Crippen molar-refractivity contribution in [3.8, 4) is 0 Å². The Kier molecular flexibility index (Phi) is 3.76. The molecule has 2 aromatic rings. The molecule has 0 saturated heterocycles. The maximum Gasteiger partial charge on any atom is 0.180 e. The predicted molar refractivity (Wildman–Crippen MR) is 70.4 cm³/mol. The lowest BCUT2D eigenvalue weighted by Crippen LogP contribution is -2.07. The lowest BCUT2D eigenvalue weighted by Gasteiger charge is -2.02. The smallest absolute Gasteiger partial charge is 0.180 e. The number of rotatable bonds is 4. The normalized spacial score (nSPS) is 10.4. The van der Waals surface area contributed by atoms with E-state index in [1.54, 1.807) is 11.4 Å². The van der Waals surface area contributed by atoms with Gasteiger partial charge in [0, 0.05) is 23.2 Å². The molecule has 0 spiro atoms. The molecular formula is C12H11ClN2OS. The van der Waals surface area contributed by atoms with Crippen molar-refractivity contribution in [2.75, 3.05) is 5.73 Å². The second-order valence-corrected chi connectivity index (χ2v) is 4.96. The standard InChI is InChI=1S/C12H11ClN2OS/c13-11-4-2-1-3-8(11)5-10(16)6-9-7-17-12(14)15-9/h1-4,7H,5-6H2,(H2,14,15). The van der Waals surface area contributed by atoms with Crippen molar-refractivity contribution in [1.82, 2.24) is 4.98 Å². The highest BCUT2D eigenvalue weighted by atomic mass is 35.5. The summed E-state index contributed by atoms with van der Waals surface area (Å²) in [5.41, 5.74) is 7.08. The fraction of sp³-hybridized carbons (Fsp3) is 0.167. The van der Waals surface area contributed by atoms with Crippen molar-refractivity contribution in [1.29, 1.82) is 0 Å². The van der Waals surface area contributed by atoms with Gasteiger partial charge in [-0.15, -0.1) is 11.3 Å². The minimum absolute atomic E-state index is 0.0865. The number of nitrogens with two attached hydrogens (primary N) is 1. The number of nitrogens with zero attached hydrogens (tertiary/aromatic N) is 1. The average Bonchev–Trinajstić information content (AvgIpc) is 2.67. The third-order valence-corrected chi connectivity index (χ3v) is 3.38. The van der Waals surface area contributed by atoms with Crippen molar-refractivity contribution < 1.29 is 4.79 Å². The van der Waals surface area contributed by atoms with Crippen LogP contribution in [0.3, 0.4) is 0 Å². The van der Waals surface area contributed by atoms with Crippen LogP contribution in [0.4, 0.5) is 5.13 Å². The number of anilines is 1. The first-order chi connectivity index (χ1) is 8.15. The number of aromatic nitrogens is 1. The summed E-state index contributed by atoms with van der Waals surface area (Å²) in [6, 6.07) is 7.35. The molecule has 0 radical (unpaired) electrons. The molecule has 0 saturated carbocycles. The van der Waals surface area contributed by atoms with Gasteiger partial charge in [0.15, 0.2) is 5.13 Å². The molecule has 0 amide bonds. The van der Waals surface area contributed by atoms with Crippen LogP contribution in [0.1, 0.15) is 11.3 Å². The Hall–Kier alpha value is -1.39. The minimum atomic E-state index is 0.0865. The molecule has 0 aliphatic heterocycles. The number of carbonyl (C=O) groups is 1. The van der Waals surface area contributed by atoms with Crippen LogP contribution in [-0.2, 0) is 17.6 Å². The highest BCUT2D eigenvalue weighted by Gasteiger charge is 2.09. The minimum Gasteiger partial charge on any atom is -0.375 e. The SMILES string of the molecule is Nc1nc(CC(=O)Cc2ccccc2Cl)cs1. The molecule has 2 rings (SSSR count). The quantitative estimate of drug-likeness (QED) is 0.926. The molecule has 88 valence electrons. The Morgan fingerprint density at radius 2 is 2.12 bits per heavy atom. The van der Waals surface area contributed by atoms with E-state index in [1.807, 2.05) is 18.2 Å². The van der Waals surface area contributed by atoms with Crippen LogP contribution in [-0.4, -0.2) is 10.8 Å². The van der Waals surface area contributed by atoms with Gasteiger partial charge in [0.05, 0.1) is 5.69 Å². The Morgan fingerprint density at radius 1 is 1.35 bits per heavy atom. The summed E-state index contributed by atoms with van der Waals surface area (Å²) in [7, 11) is 0. The summed E-state index contributed by atoms with van der Waals surface area (Å²) in [6.07, 6.45) is 0.635. The first kappa shape index (κ1) is 12.1. The Morgan fingerprint density at radius 3 is 2.76 bits per heavy atom. The average molecular weight is 267 g/mol. The monoisotopic (exact) mass is 266 g/mol. The largest absolute Gasteiger partial charge is 0.375 e. The topological polar surface area (TPSA) is 56.0 Å². The Bertz CT molecular complexity index is 539. The van der Waals surface area contributed by atoms with Gasteiger partial charge in [-0.3, -0.25) is 4.79 Å². The molecule has 0 aliphatic carbocycles. The lowest BCUT2D eigenvalue weighted by atomic mass is 10.1. The predicted octanol–water partition coefficient (Wildman–Crippen LogP) is 2.73. The second kappa shape index (κ2) is 5.29. The van der Waals surface area contributed by atoms with E-state index in [1.165, 1.54) is 11.3 Å². The Labute approximate surface area is 108 Å². The summed E-state index contributed by atoms with van der Waals surface area (Å²) in [4.78, 5) is 15.9. The second-order valence-electron chi connectivity index (χ2n) is 3.66. The van der Waals surface area contributed by atoms with Gasteiger partial charge in [0.25, 0.3) is 0 Å². The summed E-state index contributed by atoms with van der Waals surface area (Å²) in [5.74, 6) is 0.0865. The summed E-state index contributed by atoms with van der Waals surface area (Å²) >= 11 is 7.33. The van der Waals surface area contributed by atoms with Crippen LogP contribution >= 0.6 is 22.9 Å². The molecule has 0 bridgehead atoms. The number of nitrogen functional groups attached to an aromatic ring is 1. The van der Waals surface area contributed by atoms with Gasteiger partial charge in [0.1, 0.15) is 5.78 Å². The molecule has 1 aromatic carbocycles. The zero-order valence-corrected chi connectivity index (χ0v) is 10.6. The molecule has 2 N–H and O–H groups in total. The van der Waals surface area contributed by atoms with Gasteiger partial charge in [0.2, 0.25) is 0 Å². The molecule has 3 nitrogen and oxygen atoms in total. The van der Waals surface area contributed by atoms with E-state index in [0.717, 1.165) is 11.3 Å². The highest BCUT2D eigenvalue weighted by molar-refractivity contribution is 7.13. The lowest BCUT2D eigenvalue weighted by molar-refractivity contribution is -0.117. The van der Waals surface area contributed by atoms with Gasteiger partial charge in [-0.2, -0.15) is 0 Å². The van der Waals surface area contributed by atoms with Crippen molar-refractivity contribution in [2.24, 2.45) is 0 Å². The molecule has 0 unspecified atom stereocenters. The number of carbonyl (C=O) groups excluding carboxylic acids is 1. The number of ketones is 1. The van der Waals surface area contributed by atoms with Gasteiger partial charge in [-0.1, -0.05) is 29.8 Å². The van der Waals surface area contributed by atoms with Crippen LogP contribution in [0.2, 0.25) is 5.02 Å². The number of hydrogen-bond donors (Lipinski definition) is 1.